The molecule has 0 spiro atoms. The average Bonchev–Trinajstić information content (AvgIpc) is 3.09. The fourth-order valence-electron chi connectivity index (χ4n) is 3.63. The highest BCUT2D eigenvalue weighted by Gasteiger charge is 2.22. The molecule has 0 radical (unpaired) electrons. The van der Waals surface area contributed by atoms with Crippen LogP contribution in [0.25, 0.3) is 5.69 Å². The summed E-state index contributed by atoms with van der Waals surface area (Å²) in [5.41, 5.74) is 0.711. The summed E-state index contributed by atoms with van der Waals surface area (Å²) in [4.78, 5) is 42.0. The van der Waals surface area contributed by atoms with Crippen molar-refractivity contribution in [3.05, 3.63) is 94.3 Å². The minimum Gasteiger partial charge on any atom is -0.454 e. The van der Waals surface area contributed by atoms with Gasteiger partial charge in [-0.3, -0.25) is 19.1 Å². The lowest BCUT2D eigenvalue weighted by atomic mass is 10.2. The molecule has 0 saturated carbocycles. The highest BCUT2D eigenvalue weighted by molar-refractivity contribution is 6.05. The summed E-state index contributed by atoms with van der Waals surface area (Å²) in [5.74, 6) is -1.36. The van der Waals surface area contributed by atoms with Crippen molar-refractivity contribution in [1.29, 1.82) is 0 Å². The van der Waals surface area contributed by atoms with Crippen molar-refractivity contribution in [2.24, 2.45) is 13.0 Å². The molecule has 2 heterocycles. The monoisotopic (exact) mass is 503 g/mol. The van der Waals surface area contributed by atoms with Crippen molar-refractivity contribution in [3.63, 3.8) is 0 Å². The molecule has 2 N–H and O–H groups in total. The van der Waals surface area contributed by atoms with Crippen LogP contribution in [-0.4, -0.2) is 26.2 Å². The number of rotatable bonds is 7. The first-order chi connectivity index (χ1) is 17.7. The lowest BCUT2D eigenvalue weighted by Crippen LogP contribution is -2.25. The minimum absolute atomic E-state index is 0.0418. The molecule has 190 valence electrons. The highest BCUT2D eigenvalue weighted by Crippen LogP contribution is 2.28. The number of benzene rings is 2. The molecule has 0 atom stereocenters. The number of aromatic nitrogens is 3. The highest BCUT2D eigenvalue weighted by atomic mass is 19.1. The first kappa shape index (κ1) is 25.4. The molecule has 0 unspecified atom stereocenters. The summed E-state index contributed by atoms with van der Waals surface area (Å²) in [6, 6.07) is 15.9. The maximum Gasteiger partial charge on any atom is 0.284 e. The summed E-state index contributed by atoms with van der Waals surface area (Å²) in [5, 5.41) is 5.24. The summed E-state index contributed by atoms with van der Waals surface area (Å²) >= 11 is 0. The van der Waals surface area contributed by atoms with E-state index < -0.39 is 17.3 Å². The Balaban J connectivity index is 1.52. The molecule has 4 aromatic rings. The van der Waals surface area contributed by atoms with Gasteiger partial charge in [0.1, 0.15) is 17.1 Å². The third-order valence-electron chi connectivity index (χ3n) is 5.71. The number of hydrogen-bond donors (Lipinski definition) is 2. The number of ether oxygens (including phenoxy) is 1. The Kier molecular flexibility index (Phi) is 7.19. The number of halogens is 1. The molecule has 2 aromatic carbocycles. The number of amides is 2. The van der Waals surface area contributed by atoms with E-state index >= 15 is 0 Å². The van der Waals surface area contributed by atoms with Crippen LogP contribution in [0.3, 0.4) is 0 Å². The van der Waals surface area contributed by atoms with Crippen LogP contribution < -0.4 is 20.9 Å². The molecule has 37 heavy (non-hydrogen) atoms. The number of carbonyl (C=O) groups is 2. The van der Waals surface area contributed by atoms with Crippen molar-refractivity contribution in [2.75, 3.05) is 10.6 Å². The van der Waals surface area contributed by atoms with Crippen molar-refractivity contribution >= 4 is 23.3 Å². The van der Waals surface area contributed by atoms with Crippen LogP contribution in [0.4, 0.5) is 15.9 Å². The van der Waals surface area contributed by atoms with Gasteiger partial charge in [-0.05, 0) is 37.3 Å². The second-order valence-electron chi connectivity index (χ2n) is 8.66. The largest absolute Gasteiger partial charge is 0.454 e. The first-order valence-electron chi connectivity index (χ1n) is 11.6. The number of nitrogens with zero attached hydrogens (tertiary/aromatic N) is 3. The summed E-state index contributed by atoms with van der Waals surface area (Å²) in [6.07, 6.45) is 1.43. The van der Waals surface area contributed by atoms with Gasteiger partial charge >= 0.3 is 0 Å². The molecule has 4 rings (SSSR count). The van der Waals surface area contributed by atoms with Crippen LogP contribution in [0, 0.1) is 18.7 Å². The lowest BCUT2D eigenvalue weighted by molar-refractivity contribution is -0.118. The second kappa shape index (κ2) is 10.5. The van der Waals surface area contributed by atoms with Crippen LogP contribution in [-0.2, 0) is 11.8 Å². The van der Waals surface area contributed by atoms with E-state index in [4.69, 9.17) is 4.74 Å². The number of pyridine rings is 1. The Morgan fingerprint density at radius 2 is 1.76 bits per heavy atom. The molecular formula is C27H26FN5O4. The van der Waals surface area contributed by atoms with Crippen molar-refractivity contribution in [3.8, 4) is 17.2 Å². The number of hydrogen-bond acceptors (Lipinski definition) is 5. The number of para-hydroxylation sites is 1. The van der Waals surface area contributed by atoms with Crippen LogP contribution in [0.2, 0.25) is 0 Å². The van der Waals surface area contributed by atoms with Crippen LogP contribution in [0.15, 0.2) is 71.7 Å². The van der Waals surface area contributed by atoms with Gasteiger partial charge in [-0.2, -0.15) is 0 Å². The van der Waals surface area contributed by atoms with E-state index in [9.17, 15) is 18.8 Å². The fraction of sp³-hybridized carbons (Fsp3) is 0.185. The van der Waals surface area contributed by atoms with Gasteiger partial charge in [-0.15, -0.1) is 0 Å². The first-order valence-corrected chi connectivity index (χ1v) is 11.6. The van der Waals surface area contributed by atoms with E-state index in [1.165, 1.54) is 35.1 Å². The molecule has 9 nitrogen and oxygen atoms in total. The Hall–Kier alpha value is -4.73. The number of carbonyl (C=O) groups excluding carboxylic acids is 2. The fourth-order valence-corrected chi connectivity index (χ4v) is 3.63. The maximum absolute atomic E-state index is 14.8. The maximum atomic E-state index is 14.8. The predicted molar refractivity (Wildman–Crippen MR) is 138 cm³/mol. The third kappa shape index (κ3) is 5.43. The van der Waals surface area contributed by atoms with Gasteiger partial charge in [0, 0.05) is 37.0 Å². The summed E-state index contributed by atoms with van der Waals surface area (Å²) in [6.45, 7) is 5.17. The van der Waals surface area contributed by atoms with Gasteiger partial charge in [0.25, 0.3) is 11.5 Å². The molecule has 0 saturated heterocycles. The second-order valence-corrected chi connectivity index (χ2v) is 8.66. The van der Waals surface area contributed by atoms with Gasteiger partial charge in [-0.25, -0.2) is 14.1 Å². The lowest BCUT2D eigenvalue weighted by Gasteiger charge is -2.11. The quantitative estimate of drug-likeness (QED) is 0.382. The van der Waals surface area contributed by atoms with Crippen LogP contribution in [0.1, 0.15) is 29.9 Å². The van der Waals surface area contributed by atoms with Gasteiger partial charge in [0.15, 0.2) is 11.6 Å². The zero-order chi connectivity index (χ0) is 26.7. The topological polar surface area (TPSA) is 107 Å². The van der Waals surface area contributed by atoms with Gasteiger partial charge in [-0.1, -0.05) is 32.0 Å². The molecule has 0 bridgehead atoms. The van der Waals surface area contributed by atoms with E-state index in [1.54, 1.807) is 56.8 Å². The third-order valence-corrected chi connectivity index (χ3v) is 5.71. The molecule has 10 heteroatoms. The number of nitrogens with one attached hydrogen (secondary N) is 2. The SMILES string of the molecule is Cc1c(C(=O)Nc2ccc(Oc3ccnc(NC(=O)C(C)C)c3)c(F)c2)c(=O)n(-c2ccccc2)n1C. The van der Waals surface area contributed by atoms with Gasteiger partial charge in [0.2, 0.25) is 5.91 Å². The minimum atomic E-state index is -0.728. The Morgan fingerprint density at radius 1 is 1.03 bits per heavy atom. The van der Waals surface area contributed by atoms with Crippen molar-refractivity contribution < 1.29 is 18.7 Å². The van der Waals surface area contributed by atoms with E-state index in [2.05, 4.69) is 15.6 Å². The summed E-state index contributed by atoms with van der Waals surface area (Å²) < 4.78 is 23.4. The molecule has 0 fully saturated rings. The number of anilines is 2. The zero-order valence-corrected chi connectivity index (χ0v) is 20.8. The molecule has 0 aliphatic carbocycles. The summed E-state index contributed by atoms with van der Waals surface area (Å²) in [7, 11) is 1.69. The van der Waals surface area contributed by atoms with Crippen molar-refractivity contribution in [2.45, 2.75) is 20.8 Å². The normalized spacial score (nSPS) is 10.9. The molecule has 2 aromatic heterocycles. The zero-order valence-electron chi connectivity index (χ0n) is 20.8. The smallest absolute Gasteiger partial charge is 0.284 e. The van der Waals surface area contributed by atoms with Gasteiger partial charge in [0.05, 0.1) is 11.4 Å². The van der Waals surface area contributed by atoms with Gasteiger partial charge < -0.3 is 15.4 Å². The Labute approximate surface area is 212 Å². The van der Waals surface area contributed by atoms with E-state index in [0.717, 1.165) is 6.07 Å². The molecule has 2 amide bonds. The van der Waals surface area contributed by atoms with Crippen LogP contribution >= 0.6 is 0 Å². The van der Waals surface area contributed by atoms with E-state index in [1.807, 2.05) is 6.07 Å². The Bertz CT molecular complexity index is 1530. The van der Waals surface area contributed by atoms with Crippen LogP contribution in [0.5, 0.6) is 11.5 Å². The van der Waals surface area contributed by atoms with Crippen molar-refractivity contribution in [1.82, 2.24) is 14.3 Å². The van der Waals surface area contributed by atoms with E-state index in [-0.39, 0.29) is 40.4 Å². The molecule has 0 aliphatic rings. The molecular weight excluding hydrogens is 477 g/mol. The Morgan fingerprint density at radius 3 is 2.43 bits per heavy atom. The molecule has 0 aliphatic heterocycles. The predicted octanol–water partition coefficient (Wildman–Crippen LogP) is 4.66. The average molecular weight is 504 g/mol. The van der Waals surface area contributed by atoms with E-state index in [0.29, 0.717) is 11.4 Å². The standard InChI is InChI=1S/C27H26FN5O4/c1-16(2)25(34)31-23-15-20(12-13-29-23)37-22-11-10-18(14-21(22)28)30-26(35)24-17(3)32(4)33(27(24)36)19-8-6-5-7-9-19/h5-16H,1-4H3,(H,30,35)(H,29,31,34).